The van der Waals surface area contributed by atoms with Crippen LogP contribution in [-0.2, 0) is 0 Å². The van der Waals surface area contributed by atoms with Crippen LogP contribution in [0, 0.1) is 11.8 Å². The second-order valence-corrected chi connectivity index (χ2v) is 6.90. The Hall–Kier alpha value is -2.47. The van der Waals surface area contributed by atoms with Crippen LogP contribution in [0.2, 0.25) is 0 Å². The lowest BCUT2D eigenvalue weighted by atomic mass is 9.98. The van der Waals surface area contributed by atoms with Crippen molar-refractivity contribution in [2.24, 2.45) is 17.6 Å². The van der Waals surface area contributed by atoms with Crippen molar-refractivity contribution in [3.8, 4) is 5.69 Å². The van der Waals surface area contributed by atoms with Gasteiger partial charge in [-0.2, -0.15) is 5.10 Å². The van der Waals surface area contributed by atoms with Gasteiger partial charge in [-0.3, -0.25) is 0 Å². The summed E-state index contributed by atoms with van der Waals surface area (Å²) in [6.45, 7) is 2.04. The Morgan fingerprint density at radius 3 is 2.75 bits per heavy atom. The van der Waals surface area contributed by atoms with Crippen LogP contribution in [0.5, 0.6) is 0 Å². The van der Waals surface area contributed by atoms with Crippen molar-refractivity contribution in [3.63, 3.8) is 0 Å². The minimum atomic E-state index is 0.337. The lowest BCUT2D eigenvalue weighted by Crippen LogP contribution is -2.30. The highest BCUT2D eigenvalue weighted by atomic mass is 15.3. The third kappa shape index (κ3) is 2.03. The van der Waals surface area contributed by atoms with Gasteiger partial charge in [0.15, 0.2) is 5.65 Å². The van der Waals surface area contributed by atoms with Crippen LogP contribution in [0.1, 0.15) is 12.8 Å². The van der Waals surface area contributed by atoms with Crippen LogP contribution in [0.4, 0.5) is 5.82 Å². The van der Waals surface area contributed by atoms with E-state index >= 15 is 0 Å². The molecule has 3 aromatic rings. The molecule has 1 aliphatic heterocycles. The number of para-hydroxylation sites is 1. The van der Waals surface area contributed by atoms with E-state index in [2.05, 4.69) is 20.0 Å². The molecule has 1 aliphatic carbocycles. The summed E-state index contributed by atoms with van der Waals surface area (Å²) >= 11 is 0. The number of nitrogens with two attached hydrogens (primary N) is 1. The van der Waals surface area contributed by atoms with Crippen molar-refractivity contribution in [1.29, 1.82) is 0 Å². The molecule has 6 heteroatoms. The highest BCUT2D eigenvalue weighted by Crippen LogP contribution is 2.39. The molecule has 2 aromatic heterocycles. The first-order valence-corrected chi connectivity index (χ1v) is 8.56. The second kappa shape index (κ2) is 5.27. The monoisotopic (exact) mass is 320 g/mol. The number of anilines is 1. The number of rotatable bonds is 2. The molecule has 5 rings (SSSR count). The van der Waals surface area contributed by atoms with Gasteiger partial charge in [0.2, 0.25) is 0 Å². The fraction of sp³-hybridized carbons (Fsp3) is 0.389. The Morgan fingerprint density at radius 2 is 1.92 bits per heavy atom. The largest absolute Gasteiger partial charge is 0.355 e. The molecule has 1 saturated heterocycles. The van der Waals surface area contributed by atoms with Crippen LogP contribution >= 0.6 is 0 Å². The van der Waals surface area contributed by atoms with Crippen molar-refractivity contribution >= 4 is 16.9 Å². The molecule has 1 aromatic carbocycles. The van der Waals surface area contributed by atoms with Gasteiger partial charge in [0.1, 0.15) is 12.1 Å². The van der Waals surface area contributed by atoms with E-state index in [4.69, 9.17) is 5.73 Å². The SMILES string of the molecule is NC1CCC2CN(c3ncnc4c3cnn4-c3ccccc3)CC12. The molecule has 0 radical (unpaired) electrons. The summed E-state index contributed by atoms with van der Waals surface area (Å²) in [6.07, 6.45) is 5.92. The fourth-order valence-electron chi connectivity index (χ4n) is 4.32. The normalized spacial score (nSPS) is 26.2. The zero-order valence-electron chi connectivity index (χ0n) is 13.4. The lowest BCUT2D eigenvalue weighted by molar-refractivity contribution is 0.453. The van der Waals surface area contributed by atoms with Gasteiger partial charge in [-0.1, -0.05) is 18.2 Å². The number of benzene rings is 1. The topological polar surface area (TPSA) is 72.9 Å². The predicted octanol–water partition coefficient (Wildman–Crippen LogP) is 1.99. The Bertz CT molecular complexity index is 874. The maximum absolute atomic E-state index is 6.28. The summed E-state index contributed by atoms with van der Waals surface area (Å²) < 4.78 is 1.88. The zero-order valence-corrected chi connectivity index (χ0v) is 13.4. The molecule has 3 atom stereocenters. The first-order valence-electron chi connectivity index (χ1n) is 8.56. The smallest absolute Gasteiger partial charge is 0.168 e. The molecule has 122 valence electrons. The van der Waals surface area contributed by atoms with E-state index in [-0.39, 0.29) is 0 Å². The molecule has 3 heterocycles. The fourth-order valence-corrected chi connectivity index (χ4v) is 4.32. The molecule has 1 saturated carbocycles. The Balaban J connectivity index is 1.55. The van der Waals surface area contributed by atoms with E-state index in [0.29, 0.717) is 17.9 Å². The third-order valence-corrected chi connectivity index (χ3v) is 5.56. The predicted molar refractivity (Wildman–Crippen MR) is 93.1 cm³/mol. The van der Waals surface area contributed by atoms with Gasteiger partial charge < -0.3 is 10.6 Å². The van der Waals surface area contributed by atoms with Crippen molar-refractivity contribution in [3.05, 3.63) is 42.9 Å². The van der Waals surface area contributed by atoms with Crippen molar-refractivity contribution in [2.45, 2.75) is 18.9 Å². The molecule has 2 N–H and O–H groups in total. The molecule has 0 spiro atoms. The number of hydrogen-bond acceptors (Lipinski definition) is 5. The number of aromatic nitrogens is 4. The molecule has 2 fully saturated rings. The molecule has 6 nitrogen and oxygen atoms in total. The first kappa shape index (κ1) is 13.9. The average Bonchev–Trinajstić information content (AvgIpc) is 3.31. The van der Waals surface area contributed by atoms with Gasteiger partial charge in [-0.15, -0.1) is 0 Å². The van der Waals surface area contributed by atoms with Gasteiger partial charge in [0.05, 0.1) is 17.3 Å². The van der Waals surface area contributed by atoms with Gasteiger partial charge in [0.25, 0.3) is 0 Å². The Morgan fingerprint density at radius 1 is 1.04 bits per heavy atom. The standard InChI is InChI=1S/C18H20N6/c19-16-7-6-12-9-23(10-15(12)16)17-14-8-22-24(18(14)21-11-20-17)13-4-2-1-3-5-13/h1-5,8,11-12,15-16H,6-7,9-10,19H2. The molecular formula is C18H20N6. The summed E-state index contributed by atoms with van der Waals surface area (Å²) in [4.78, 5) is 11.4. The van der Waals surface area contributed by atoms with E-state index in [1.165, 1.54) is 6.42 Å². The van der Waals surface area contributed by atoms with E-state index in [1.54, 1.807) is 6.33 Å². The van der Waals surface area contributed by atoms with E-state index < -0.39 is 0 Å². The van der Waals surface area contributed by atoms with Gasteiger partial charge >= 0.3 is 0 Å². The molecule has 0 amide bonds. The third-order valence-electron chi connectivity index (χ3n) is 5.56. The molecular weight excluding hydrogens is 300 g/mol. The second-order valence-electron chi connectivity index (χ2n) is 6.90. The number of nitrogens with zero attached hydrogens (tertiary/aromatic N) is 5. The maximum Gasteiger partial charge on any atom is 0.168 e. The number of fused-ring (bicyclic) bond motifs is 2. The highest BCUT2D eigenvalue weighted by Gasteiger charge is 2.41. The number of hydrogen-bond donors (Lipinski definition) is 1. The van der Waals surface area contributed by atoms with E-state index in [9.17, 15) is 0 Å². The minimum Gasteiger partial charge on any atom is -0.355 e. The van der Waals surface area contributed by atoms with E-state index in [1.807, 2.05) is 41.2 Å². The average molecular weight is 320 g/mol. The van der Waals surface area contributed by atoms with Crippen LogP contribution in [0.25, 0.3) is 16.7 Å². The Kier molecular flexibility index (Phi) is 3.06. The van der Waals surface area contributed by atoms with E-state index in [0.717, 1.165) is 42.0 Å². The molecule has 3 unspecified atom stereocenters. The van der Waals surface area contributed by atoms with Crippen molar-refractivity contribution < 1.29 is 0 Å². The summed E-state index contributed by atoms with van der Waals surface area (Å²) in [5, 5.41) is 5.56. The van der Waals surface area contributed by atoms with Crippen molar-refractivity contribution in [2.75, 3.05) is 18.0 Å². The van der Waals surface area contributed by atoms with Crippen LogP contribution < -0.4 is 10.6 Å². The summed E-state index contributed by atoms with van der Waals surface area (Å²) in [6, 6.07) is 10.4. The zero-order chi connectivity index (χ0) is 16.1. The molecule has 24 heavy (non-hydrogen) atoms. The minimum absolute atomic E-state index is 0.337. The Labute approximate surface area is 140 Å². The van der Waals surface area contributed by atoms with Crippen LogP contribution in [0.15, 0.2) is 42.9 Å². The molecule has 0 bridgehead atoms. The van der Waals surface area contributed by atoms with Gasteiger partial charge in [0, 0.05) is 19.1 Å². The van der Waals surface area contributed by atoms with Gasteiger partial charge in [-0.05, 0) is 36.8 Å². The highest BCUT2D eigenvalue weighted by molar-refractivity contribution is 5.87. The van der Waals surface area contributed by atoms with Crippen molar-refractivity contribution in [1.82, 2.24) is 19.7 Å². The van der Waals surface area contributed by atoms with Gasteiger partial charge in [-0.25, -0.2) is 14.6 Å². The quantitative estimate of drug-likeness (QED) is 0.782. The maximum atomic E-state index is 6.28. The van der Waals surface area contributed by atoms with Crippen LogP contribution in [-0.4, -0.2) is 38.9 Å². The van der Waals surface area contributed by atoms with Crippen LogP contribution in [0.3, 0.4) is 0 Å². The lowest BCUT2D eigenvalue weighted by Gasteiger charge is -2.20. The summed E-state index contributed by atoms with van der Waals surface area (Å²) in [5.74, 6) is 2.29. The molecule has 2 aliphatic rings. The first-order chi connectivity index (χ1) is 11.8. The summed E-state index contributed by atoms with van der Waals surface area (Å²) in [7, 11) is 0. The summed E-state index contributed by atoms with van der Waals surface area (Å²) in [5.41, 5.74) is 8.14.